The van der Waals surface area contributed by atoms with Gasteiger partial charge in [-0.2, -0.15) is 0 Å². The number of hydrogen-bond acceptors (Lipinski definition) is 1. The van der Waals surface area contributed by atoms with Gasteiger partial charge in [0.1, 0.15) is 12.4 Å². The second kappa shape index (κ2) is 15.2. The summed E-state index contributed by atoms with van der Waals surface area (Å²) in [7, 11) is -2.34. The van der Waals surface area contributed by atoms with E-state index < -0.39 is 8.07 Å². The van der Waals surface area contributed by atoms with Crippen molar-refractivity contribution in [3.05, 3.63) is 143 Å². The van der Waals surface area contributed by atoms with E-state index in [2.05, 4.69) is 158 Å². The van der Waals surface area contributed by atoms with E-state index in [1.54, 1.807) is 0 Å². The molecule has 1 aliphatic rings. The maximum Gasteiger partial charge on any atom is 0.122 e. The minimum absolute atomic E-state index is 0.0554. The average Bonchev–Trinajstić information content (AvgIpc) is 3.46. The molecule has 5 aromatic rings. The zero-order valence-electron chi connectivity index (χ0n) is 32.5. The first-order chi connectivity index (χ1) is 24.5. The van der Waals surface area contributed by atoms with Gasteiger partial charge < -0.3 is 4.74 Å². The number of fused-ring (bicyclic) bond motifs is 3. The summed E-state index contributed by atoms with van der Waals surface area (Å²) >= 11 is 0. The van der Waals surface area contributed by atoms with Gasteiger partial charge in [-0.3, -0.25) is 0 Å². The summed E-state index contributed by atoms with van der Waals surface area (Å²) in [5.41, 5.74) is 16.5. The van der Waals surface area contributed by atoms with Crippen LogP contribution < -0.4 is 9.92 Å². The molecule has 0 bridgehead atoms. The number of rotatable bonds is 13. The summed E-state index contributed by atoms with van der Waals surface area (Å²) in [6.45, 7) is 23.4. The van der Waals surface area contributed by atoms with Crippen molar-refractivity contribution in [2.24, 2.45) is 0 Å². The van der Waals surface area contributed by atoms with Crippen molar-refractivity contribution in [2.45, 2.75) is 104 Å². The monoisotopic (exact) mass is 690 g/mol. The van der Waals surface area contributed by atoms with Crippen molar-refractivity contribution in [2.75, 3.05) is 6.61 Å². The van der Waals surface area contributed by atoms with E-state index in [1.807, 2.05) is 6.08 Å². The van der Waals surface area contributed by atoms with Crippen LogP contribution in [0.1, 0.15) is 99.2 Å². The van der Waals surface area contributed by atoms with Crippen LogP contribution in [-0.4, -0.2) is 14.7 Å². The number of aryl methyl sites for hydroxylation is 3. The average molecular weight is 691 g/mol. The van der Waals surface area contributed by atoms with E-state index in [9.17, 15) is 0 Å². The standard InChI is InChI=1S/C49H58OSi/c1-10-13-15-35-17-21-37(22-18-35)39-25-27-41-42-28-26-40(38-23-19-36(20-24-38)16-14-11-2)33-44(42)48(43(41)32-39)51(8,9)46-31-34(4)30-45(49(5,6)7)47(46)50-29-12-3/h12,17-28,30-33,48H,3,10-11,13-16,29H2,1-2,4-9H3. The van der Waals surface area contributed by atoms with Crippen molar-refractivity contribution in [3.63, 3.8) is 0 Å². The maximum atomic E-state index is 6.70. The Labute approximate surface area is 309 Å². The molecular formula is C49H58OSi. The summed E-state index contributed by atoms with van der Waals surface area (Å²) < 4.78 is 6.70. The van der Waals surface area contributed by atoms with E-state index in [0.717, 1.165) is 18.6 Å². The van der Waals surface area contributed by atoms with Crippen LogP contribution in [0.3, 0.4) is 0 Å². The van der Waals surface area contributed by atoms with Crippen LogP contribution in [-0.2, 0) is 18.3 Å². The van der Waals surface area contributed by atoms with Crippen molar-refractivity contribution in [1.29, 1.82) is 0 Å². The van der Waals surface area contributed by atoms with Gasteiger partial charge in [0.25, 0.3) is 0 Å². The zero-order chi connectivity index (χ0) is 36.3. The lowest BCUT2D eigenvalue weighted by Crippen LogP contribution is -2.49. The van der Waals surface area contributed by atoms with Crippen molar-refractivity contribution in [3.8, 4) is 39.1 Å². The molecule has 5 aromatic carbocycles. The molecule has 0 radical (unpaired) electrons. The minimum Gasteiger partial charge on any atom is -0.489 e. The lowest BCUT2D eigenvalue weighted by atomic mass is 9.85. The Morgan fingerprint density at radius 1 is 0.667 bits per heavy atom. The molecule has 0 fully saturated rings. The molecule has 0 saturated heterocycles. The van der Waals surface area contributed by atoms with Crippen LogP contribution in [0.4, 0.5) is 0 Å². The van der Waals surface area contributed by atoms with Gasteiger partial charge in [-0.15, -0.1) is 0 Å². The van der Waals surface area contributed by atoms with Crippen molar-refractivity contribution in [1.82, 2.24) is 0 Å². The van der Waals surface area contributed by atoms with Crippen LogP contribution in [0.2, 0.25) is 13.1 Å². The molecule has 1 nitrogen and oxygen atoms in total. The lowest BCUT2D eigenvalue weighted by Gasteiger charge is -2.36. The Bertz CT molecular complexity index is 1890. The second-order valence-corrected chi connectivity index (χ2v) is 21.0. The zero-order valence-corrected chi connectivity index (χ0v) is 33.5. The first-order valence-corrected chi connectivity index (χ1v) is 22.4. The Kier molecular flexibility index (Phi) is 10.9. The number of ether oxygens (including phenoxy) is 1. The third-order valence-electron chi connectivity index (χ3n) is 11.0. The molecule has 6 rings (SSSR count). The molecule has 0 aliphatic heterocycles. The third kappa shape index (κ3) is 7.58. The number of unbranched alkanes of at least 4 members (excludes halogenated alkanes) is 2. The first kappa shape index (κ1) is 36.6. The molecule has 1 aliphatic carbocycles. The summed E-state index contributed by atoms with van der Waals surface area (Å²) in [6.07, 6.45) is 9.08. The van der Waals surface area contributed by atoms with Gasteiger partial charge in [0.05, 0.1) is 8.07 Å². The topological polar surface area (TPSA) is 9.23 Å². The molecule has 51 heavy (non-hydrogen) atoms. The van der Waals surface area contributed by atoms with Gasteiger partial charge in [-0.1, -0.05) is 176 Å². The van der Waals surface area contributed by atoms with Gasteiger partial charge in [0.2, 0.25) is 0 Å². The second-order valence-electron chi connectivity index (χ2n) is 16.4. The molecule has 0 N–H and O–H groups in total. The van der Waals surface area contributed by atoms with Crippen LogP contribution in [0.5, 0.6) is 5.75 Å². The van der Waals surface area contributed by atoms with E-state index in [4.69, 9.17) is 4.74 Å². The summed E-state index contributed by atoms with van der Waals surface area (Å²) in [6, 6.07) is 37.9. The normalized spacial score (nSPS) is 12.9. The van der Waals surface area contributed by atoms with Crippen LogP contribution in [0.25, 0.3) is 33.4 Å². The van der Waals surface area contributed by atoms with Gasteiger partial charge >= 0.3 is 0 Å². The largest absolute Gasteiger partial charge is 0.489 e. The highest BCUT2D eigenvalue weighted by molar-refractivity contribution is 6.92. The molecule has 0 aromatic heterocycles. The van der Waals surface area contributed by atoms with Crippen LogP contribution in [0.15, 0.2) is 110 Å². The van der Waals surface area contributed by atoms with Gasteiger partial charge in [-0.05, 0) is 104 Å². The molecule has 264 valence electrons. The lowest BCUT2D eigenvalue weighted by molar-refractivity contribution is 0.353. The van der Waals surface area contributed by atoms with E-state index in [1.165, 1.54) is 97.6 Å². The van der Waals surface area contributed by atoms with Crippen LogP contribution in [0, 0.1) is 6.92 Å². The number of benzene rings is 5. The van der Waals surface area contributed by atoms with E-state index >= 15 is 0 Å². The SMILES string of the molecule is C=CCOc1c(C(C)(C)C)cc(C)cc1[Si](C)(C)C1c2cc(-c3ccc(CCCC)cc3)ccc2-c2ccc(-c3ccc(CCCC)cc3)cc21. The highest BCUT2D eigenvalue weighted by Crippen LogP contribution is 2.52. The Balaban J connectivity index is 1.53. The molecule has 0 amide bonds. The molecule has 0 saturated carbocycles. The molecule has 0 atom stereocenters. The predicted molar refractivity (Wildman–Crippen MR) is 225 cm³/mol. The third-order valence-corrected chi connectivity index (χ3v) is 14.9. The molecule has 0 heterocycles. The maximum absolute atomic E-state index is 6.70. The smallest absolute Gasteiger partial charge is 0.122 e. The molecule has 0 unspecified atom stereocenters. The number of hydrogen-bond donors (Lipinski definition) is 0. The van der Waals surface area contributed by atoms with E-state index in [0.29, 0.717) is 6.61 Å². The summed E-state index contributed by atoms with van der Waals surface area (Å²) in [5.74, 6) is 1.07. The Morgan fingerprint density at radius 2 is 1.14 bits per heavy atom. The Hall–Kier alpha value is -4.14. The minimum atomic E-state index is -2.34. The highest BCUT2D eigenvalue weighted by Gasteiger charge is 2.45. The fraction of sp³-hybridized carbons (Fsp3) is 0.347. The highest BCUT2D eigenvalue weighted by atomic mass is 28.3. The summed E-state index contributed by atoms with van der Waals surface area (Å²) in [4.78, 5) is 0. The van der Waals surface area contributed by atoms with Crippen LogP contribution >= 0.6 is 0 Å². The van der Waals surface area contributed by atoms with Crippen molar-refractivity contribution < 1.29 is 4.74 Å². The molecular weight excluding hydrogens is 633 g/mol. The summed E-state index contributed by atoms with van der Waals surface area (Å²) in [5, 5.41) is 1.40. The first-order valence-electron chi connectivity index (χ1n) is 19.3. The Morgan fingerprint density at radius 3 is 1.57 bits per heavy atom. The van der Waals surface area contributed by atoms with Gasteiger partial charge in [0.15, 0.2) is 0 Å². The van der Waals surface area contributed by atoms with Gasteiger partial charge in [-0.25, -0.2) is 0 Å². The predicted octanol–water partition coefficient (Wildman–Crippen LogP) is 13.1. The fourth-order valence-electron chi connectivity index (χ4n) is 8.15. The fourth-order valence-corrected chi connectivity index (χ4v) is 11.9. The van der Waals surface area contributed by atoms with Gasteiger partial charge in [0, 0.05) is 5.54 Å². The quantitative estimate of drug-likeness (QED) is 0.0882. The van der Waals surface area contributed by atoms with E-state index in [-0.39, 0.29) is 11.0 Å². The molecule has 2 heteroatoms. The van der Waals surface area contributed by atoms with Crippen molar-refractivity contribution >= 4 is 13.3 Å². The molecule has 0 spiro atoms.